The second-order valence-electron chi connectivity index (χ2n) is 11.2. The molecule has 4 aromatic rings. The van der Waals surface area contributed by atoms with E-state index in [2.05, 4.69) is 30.1 Å². The summed E-state index contributed by atoms with van der Waals surface area (Å²) in [5.74, 6) is 0.528. The Hall–Kier alpha value is -3.22. The SMILES string of the molecule is Cn1cc2c(Cl)c(-c3cn(COCC[Si](C)(C)C)c4nc(N5CC[C@@H](NC(=O)O)[C@H](F)C5)cnc34)ccc2n1. The Balaban J connectivity index is 1.50. The summed E-state index contributed by atoms with van der Waals surface area (Å²) in [6.45, 7) is 8.34. The number of nitrogens with zero attached hydrogens (tertiary/aromatic N) is 6. The van der Waals surface area contributed by atoms with Gasteiger partial charge in [-0.25, -0.2) is 19.2 Å². The highest BCUT2D eigenvalue weighted by Crippen LogP contribution is 2.38. The molecule has 39 heavy (non-hydrogen) atoms. The van der Waals surface area contributed by atoms with Crippen molar-refractivity contribution in [2.75, 3.05) is 24.6 Å². The van der Waals surface area contributed by atoms with E-state index in [-0.39, 0.29) is 6.54 Å². The van der Waals surface area contributed by atoms with Crippen molar-refractivity contribution in [2.24, 2.45) is 7.05 Å². The lowest BCUT2D eigenvalue weighted by molar-refractivity contribution is 0.0899. The molecule has 2 atom stereocenters. The predicted octanol–water partition coefficient (Wildman–Crippen LogP) is 5.14. The van der Waals surface area contributed by atoms with Crippen LogP contribution in [0, 0.1) is 0 Å². The van der Waals surface area contributed by atoms with Crippen LogP contribution < -0.4 is 10.2 Å². The minimum Gasteiger partial charge on any atom is -0.465 e. The third kappa shape index (κ3) is 5.87. The van der Waals surface area contributed by atoms with E-state index in [1.165, 1.54) is 0 Å². The zero-order valence-electron chi connectivity index (χ0n) is 22.5. The Morgan fingerprint density at radius 3 is 2.79 bits per heavy atom. The number of carboxylic acid groups (broad SMARTS) is 1. The number of amides is 1. The van der Waals surface area contributed by atoms with Crippen molar-refractivity contribution in [2.45, 2.75) is 51.1 Å². The number of piperidine rings is 1. The number of fused-ring (bicyclic) bond motifs is 2. The number of anilines is 1. The number of ether oxygens (including phenoxy) is 1. The largest absolute Gasteiger partial charge is 0.465 e. The van der Waals surface area contributed by atoms with Crippen LogP contribution in [-0.2, 0) is 18.5 Å². The van der Waals surface area contributed by atoms with Gasteiger partial charge in [-0.2, -0.15) is 5.10 Å². The number of alkyl halides is 1. The average Bonchev–Trinajstić information content (AvgIpc) is 3.42. The van der Waals surface area contributed by atoms with Crippen LogP contribution in [-0.4, -0.2) is 75.5 Å². The Kier molecular flexibility index (Phi) is 7.53. The van der Waals surface area contributed by atoms with Crippen molar-refractivity contribution < 1.29 is 19.0 Å². The molecule has 2 N–H and O–H groups in total. The van der Waals surface area contributed by atoms with Gasteiger partial charge >= 0.3 is 6.09 Å². The molecule has 1 aliphatic rings. The van der Waals surface area contributed by atoms with E-state index in [1.54, 1.807) is 15.8 Å². The van der Waals surface area contributed by atoms with Gasteiger partial charge in [0.1, 0.15) is 24.2 Å². The van der Waals surface area contributed by atoms with Crippen molar-refractivity contribution in [1.82, 2.24) is 29.6 Å². The zero-order chi connectivity index (χ0) is 27.9. The van der Waals surface area contributed by atoms with Gasteiger partial charge in [0, 0.05) is 57.2 Å². The minimum absolute atomic E-state index is 0.0227. The van der Waals surface area contributed by atoms with Gasteiger partial charge in [0.25, 0.3) is 0 Å². The molecule has 0 bridgehead atoms. The monoisotopic (exact) mass is 573 g/mol. The summed E-state index contributed by atoms with van der Waals surface area (Å²) >= 11 is 6.86. The third-order valence-electron chi connectivity index (χ3n) is 6.98. The molecule has 208 valence electrons. The first kappa shape index (κ1) is 27.3. The molecule has 0 radical (unpaired) electrons. The summed E-state index contributed by atoms with van der Waals surface area (Å²) < 4.78 is 24.5. The molecular weight excluding hydrogens is 541 g/mol. The van der Waals surface area contributed by atoms with E-state index in [9.17, 15) is 9.18 Å². The molecule has 0 aliphatic carbocycles. The number of aryl methyl sites for hydroxylation is 1. The van der Waals surface area contributed by atoms with Crippen LogP contribution in [0.3, 0.4) is 0 Å². The molecule has 13 heteroatoms. The lowest BCUT2D eigenvalue weighted by Crippen LogP contribution is -2.52. The number of halogens is 2. The average molecular weight is 574 g/mol. The third-order valence-corrected chi connectivity index (χ3v) is 9.09. The first-order valence-corrected chi connectivity index (χ1v) is 17.0. The molecule has 1 saturated heterocycles. The number of carbonyl (C=O) groups is 1. The summed E-state index contributed by atoms with van der Waals surface area (Å²) in [4.78, 5) is 22.4. The fourth-order valence-electron chi connectivity index (χ4n) is 4.85. The van der Waals surface area contributed by atoms with Gasteiger partial charge in [-0.15, -0.1) is 0 Å². The minimum atomic E-state index is -1.36. The topological polar surface area (TPSA) is 110 Å². The van der Waals surface area contributed by atoms with Crippen molar-refractivity contribution in [1.29, 1.82) is 0 Å². The molecule has 1 aromatic carbocycles. The van der Waals surface area contributed by atoms with Crippen LogP contribution >= 0.6 is 11.6 Å². The highest BCUT2D eigenvalue weighted by Gasteiger charge is 2.31. The molecule has 5 rings (SSSR count). The highest BCUT2D eigenvalue weighted by atomic mass is 35.5. The summed E-state index contributed by atoms with van der Waals surface area (Å²) in [6.07, 6.45) is 3.23. The van der Waals surface area contributed by atoms with Crippen molar-refractivity contribution in [3.8, 4) is 11.1 Å². The normalized spacial score (nSPS) is 18.3. The maximum Gasteiger partial charge on any atom is 0.404 e. The van der Waals surface area contributed by atoms with Crippen LogP contribution in [0.4, 0.5) is 15.0 Å². The molecule has 0 spiro atoms. The number of hydrogen-bond donors (Lipinski definition) is 2. The molecule has 10 nitrogen and oxygen atoms in total. The summed E-state index contributed by atoms with van der Waals surface area (Å²) in [5.41, 5.74) is 3.71. The van der Waals surface area contributed by atoms with Crippen molar-refractivity contribution in [3.05, 3.63) is 35.7 Å². The second-order valence-corrected chi connectivity index (χ2v) is 17.2. The van der Waals surface area contributed by atoms with Gasteiger partial charge in [0.15, 0.2) is 5.65 Å². The van der Waals surface area contributed by atoms with Crippen LogP contribution in [0.5, 0.6) is 0 Å². The first-order valence-electron chi connectivity index (χ1n) is 12.9. The molecular formula is C26H33ClFN7O3Si. The molecule has 0 saturated carbocycles. The number of aromatic nitrogens is 5. The van der Waals surface area contributed by atoms with Gasteiger partial charge in [-0.05, 0) is 18.5 Å². The smallest absolute Gasteiger partial charge is 0.404 e. The van der Waals surface area contributed by atoms with Crippen molar-refractivity contribution >= 4 is 53.7 Å². The van der Waals surface area contributed by atoms with Gasteiger partial charge < -0.3 is 24.6 Å². The summed E-state index contributed by atoms with van der Waals surface area (Å²) in [7, 11) is 0.602. The van der Waals surface area contributed by atoms with E-state index >= 15 is 0 Å². The van der Waals surface area contributed by atoms with Gasteiger partial charge in [-0.3, -0.25) is 4.68 Å². The van der Waals surface area contributed by atoms with Crippen LogP contribution in [0.25, 0.3) is 33.2 Å². The van der Waals surface area contributed by atoms with Gasteiger partial charge in [-0.1, -0.05) is 37.3 Å². The molecule has 0 unspecified atom stereocenters. The number of hydrogen-bond acceptors (Lipinski definition) is 6. The fraction of sp³-hybridized carbons (Fsp3) is 0.462. The van der Waals surface area contributed by atoms with E-state index in [4.69, 9.17) is 31.4 Å². The standard InChI is InChI=1S/C26H33ClFN7O3Si/c1-33-12-18-20(32-33)6-5-16(23(18)27)17-13-35(15-38-9-10-39(2,3)4)25-24(17)29-11-22(31-25)34-8-7-21(19(28)14-34)30-26(36)37/h5-6,11-13,19,21,30H,7-10,14-15H2,1-4H3,(H,36,37)/t19-,21-/m1/s1. The van der Waals surface area contributed by atoms with Gasteiger partial charge in [0.2, 0.25) is 0 Å². The Labute approximate surface area is 231 Å². The molecule has 4 heterocycles. The summed E-state index contributed by atoms with van der Waals surface area (Å²) in [5, 5.41) is 17.1. The lowest BCUT2D eigenvalue weighted by Gasteiger charge is -2.35. The molecule has 1 amide bonds. The fourth-order valence-corrected chi connectivity index (χ4v) is 5.92. The number of benzene rings is 1. The lowest BCUT2D eigenvalue weighted by atomic mass is 10.0. The van der Waals surface area contributed by atoms with Gasteiger partial charge in [0.05, 0.1) is 29.3 Å². The van der Waals surface area contributed by atoms with Crippen molar-refractivity contribution in [3.63, 3.8) is 0 Å². The Morgan fingerprint density at radius 1 is 1.28 bits per heavy atom. The van der Waals surface area contributed by atoms with Crippen LogP contribution in [0.1, 0.15) is 6.42 Å². The van der Waals surface area contributed by atoms with E-state index in [0.29, 0.717) is 48.3 Å². The molecule has 1 fully saturated rings. The maximum absolute atomic E-state index is 14.8. The summed E-state index contributed by atoms with van der Waals surface area (Å²) in [6, 6.07) is 4.17. The molecule has 1 aliphatic heterocycles. The first-order chi connectivity index (χ1) is 18.5. The van der Waals surface area contributed by atoms with E-state index in [1.807, 2.05) is 36.1 Å². The predicted molar refractivity (Wildman–Crippen MR) is 153 cm³/mol. The number of rotatable bonds is 8. The number of nitrogens with one attached hydrogen (secondary N) is 1. The van der Waals surface area contributed by atoms with E-state index < -0.39 is 26.4 Å². The zero-order valence-corrected chi connectivity index (χ0v) is 24.2. The molecule has 3 aromatic heterocycles. The highest BCUT2D eigenvalue weighted by molar-refractivity contribution is 6.76. The second kappa shape index (κ2) is 10.7. The maximum atomic E-state index is 14.8. The van der Waals surface area contributed by atoms with Crippen LogP contribution in [0.15, 0.2) is 30.7 Å². The quantitative estimate of drug-likeness (QED) is 0.222. The Bertz CT molecular complexity index is 1520. The van der Waals surface area contributed by atoms with Crippen LogP contribution in [0.2, 0.25) is 30.7 Å². The van der Waals surface area contributed by atoms with E-state index in [0.717, 1.165) is 28.1 Å². The Morgan fingerprint density at radius 2 is 2.08 bits per heavy atom.